The van der Waals surface area contributed by atoms with Crippen LogP contribution in [0.1, 0.15) is 19.8 Å². The fourth-order valence-electron chi connectivity index (χ4n) is 4.13. The van der Waals surface area contributed by atoms with E-state index in [-0.39, 0.29) is 30.6 Å². The number of amides is 1. The van der Waals surface area contributed by atoms with Crippen molar-refractivity contribution in [3.63, 3.8) is 0 Å². The monoisotopic (exact) mass is 455 g/mol. The van der Waals surface area contributed by atoms with Crippen LogP contribution in [0.4, 0.5) is 5.82 Å². The number of nitrogens with one attached hydrogen (secondary N) is 1. The van der Waals surface area contributed by atoms with Crippen molar-refractivity contribution in [2.75, 3.05) is 39.3 Å². The number of hydrogen-bond donors (Lipinski definition) is 1. The lowest BCUT2D eigenvalue weighted by atomic mass is 10.2. The van der Waals surface area contributed by atoms with Crippen LogP contribution in [-0.2, 0) is 22.6 Å². The van der Waals surface area contributed by atoms with E-state index in [1.54, 1.807) is 18.1 Å². The van der Waals surface area contributed by atoms with E-state index in [0.717, 1.165) is 12.2 Å². The SMILES string of the molecule is CCCn1c(=O)n(CCOC)c(=O)c2[nH]c(-c3ccc(N(C)C4CC(=O)N(C)C4)nc3)nc21. The van der Waals surface area contributed by atoms with Crippen LogP contribution >= 0.6 is 0 Å². The lowest BCUT2D eigenvalue weighted by Gasteiger charge is -2.24. The molecule has 3 aromatic rings. The number of anilines is 1. The molecule has 4 heterocycles. The highest BCUT2D eigenvalue weighted by Crippen LogP contribution is 2.23. The number of likely N-dealkylation sites (tertiary alicyclic amines) is 1. The van der Waals surface area contributed by atoms with Crippen LogP contribution in [0.2, 0.25) is 0 Å². The maximum absolute atomic E-state index is 13.0. The normalized spacial score (nSPS) is 16.2. The van der Waals surface area contributed by atoms with E-state index in [1.807, 2.05) is 31.0 Å². The maximum atomic E-state index is 13.0. The molecule has 33 heavy (non-hydrogen) atoms. The lowest BCUT2D eigenvalue weighted by molar-refractivity contribution is -0.126. The number of aromatic amines is 1. The Labute approximate surface area is 190 Å². The third kappa shape index (κ3) is 4.15. The van der Waals surface area contributed by atoms with Crippen LogP contribution in [0.15, 0.2) is 27.9 Å². The fraction of sp³-hybridized carbons (Fsp3) is 0.500. The van der Waals surface area contributed by atoms with Crippen LogP contribution in [0.25, 0.3) is 22.6 Å². The summed E-state index contributed by atoms with van der Waals surface area (Å²) in [6, 6.07) is 3.80. The maximum Gasteiger partial charge on any atom is 0.332 e. The highest BCUT2D eigenvalue weighted by molar-refractivity contribution is 5.80. The summed E-state index contributed by atoms with van der Waals surface area (Å²) in [5.74, 6) is 1.33. The van der Waals surface area contributed by atoms with Crippen LogP contribution in [-0.4, -0.2) is 75.3 Å². The Hall–Kier alpha value is -3.47. The van der Waals surface area contributed by atoms with Gasteiger partial charge in [-0.25, -0.2) is 14.8 Å². The number of ether oxygens (including phenoxy) is 1. The first-order valence-corrected chi connectivity index (χ1v) is 11.0. The number of carbonyl (C=O) groups excluding carboxylic acids is 1. The zero-order chi connectivity index (χ0) is 23.7. The van der Waals surface area contributed by atoms with Crippen molar-refractivity contribution in [3.8, 4) is 11.4 Å². The molecule has 0 bridgehead atoms. The van der Waals surface area contributed by atoms with Gasteiger partial charge in [0.05, 0.1) is 19.2 Å². The third-order valence-corrected chi connectivity index (χ3v) is 6.08. The molecule has 1 amide bonds. The Bertz CT molecular complexity index is 1270. The fourth-order valence-corrected chi connectivity index (χ4v) is 4.13. The minimum atomic E-state index is -0.419. The standard InChI is InChI=1S/C22H29N7O4/c1-5-8-28-20-18(21(31)29(22(28)32)9-10-33-4)24-19(25-20)14-6-7-16(23-12-14)27(3)15-11-17(30)26(2)13-15/h6-7,12,15H,5,8-11,13H2,1-4H3,(H,24,25). The van der Waals surface area contributed by atoms with Gasteiger partial charge in [-0.3, -0.25) is 18.7 Å². The van der Waals surface area contributed by atoms with Crippen LogP contribution < -0.4 is 16.1 Å². The van der Waals surface area contributed by atoms with Gasteiger partial charge in [0.25, 0.3) is 5.56 Å². The molecular formula is C22H29N7O4. The number of hydrogen-bond acceptors (Lipinski definition) is 7. The van der Waals surface area contributed by atoms with Crippen molar-refractivity contribution in [3.05, 3.63) is 39.2 Å². The second-order valence-electron chi connectivity index (χ2n) is 8.32. The minimum Gasteiger partial charge on any atom is -0.383 e. The number of aryl methyl sites for hydroxylation is 1. The summed E-state index contributed by atoms with van der Waals surface area (Å²) < 4.78 is 7.76. The highest BCUT2D eigenvalue weighted by Gasteiger charge is 2.30. The minimum absolute atomic E-state index is 0.0705. The summed E-state index contributed by atoms with van der Waals surface area (Å²) in [6.45, 7) is 3.50. The van der Waals surface area contributed by atoms with Crippen molar-refractivity contribution in [2.24, 2.45) is 0 Å². The molecule has 1 fully saturated rings. The average molecular weight is 456 g/mol. The van der Waals surface area contributed by atoms with Crippen molar-refractivity contribution >= 4 is 22.9 Å². The third-order valence-electron chi connectivity index (χ3n) is 6.08. The molecule has 11 nitrogen and oxygen atoms in total. The molecule has 1 atom stereocenters. The Morgan fingerprint density at radius 1 is 1.21 bits per heavy atom. The Kier molecular flexibility index (Phi) is 6.32. The topological polar surface area (TPSA) is 118 Å². The molecule has 1 saturated heterocycles. The second-order valence-corrected chi connectivity index (χ2v) is 8.32. The van der Waals surface area contributed by atoms with Gasteiger partial charge in [0.2, 0.25) is 5.91 Å². The molecule has 1 N–H and O–H groups in total. The zero-order valence-corrected chi connectivity index (χ0v) is 19.4. The van der Waals surface area contributed by atoms with Crippen molar-refractivity contribution in [1.82, 2.24) is 29.0 Å². The lowest BCUT2D eigenvalue weighted by Crippen LogP contribution is -2.41. The number of rotatable bonds is 8. The van der Waals surface area contributed by atoms with Crippen LogP contribution in [0.5, 0.6) is 0 Å². The average Bonchev–Trinajstić information content (AvgIpc) is 3.40. The van der Waals surface area contributed by atoms with Crippen LogP contribution in [0, 0.1) is 0 Å². The van der Waals surface area contributed by atoms with Gasteiger partial charge in [0, 0.05) is 52.5 Å². The van der Waals surface area contributed by atoms with E-state index in [4.69, 9.17) is 4.74 Å². The summed E-state index contributed by atoms with van der Waals surface area (Å²) in [5, 5.41) is 0. The number of methoxy groups -OCH3 is 1. The molecule has 0 aromatic carbocycles. The number of nitrogens with zero attached hydrogens (tertiary/aromatic N) is 6. The van der Waals surface area contributed by atoms with E-state index >= 15 is 0 Å². The number of H-pyrrole nitrogens is 1. The summed E-state index contributed by atoms with van der Waals surface area (Å²) >= 11 is 0. The molecule has 1 aliphatic heterocycles. The van der Waals surface area contributed by atoms with Gasteiger partial charge in [0.1, 0.15) is 17.2 Å². The molecule has 11 heteroatoms. The molecule has 0 spiro atoms. The highest BCUT2D eigenvalue weighted by atomic mass is 16.5. The van der Waals surface area contributed by atoms with Crippen LogP contribution in [0.3, 0.4) is 0 Å². The first-order valence-electron chi connectivity index (χ1n) is 11.0. The summed E-state index contributed by atoms with van der Waals surface area (Å²) in [4.78, 5) is 53.7. The number of carbonyl (C=O) groups is 1. The number of fused-ring (bicyclic) bond motifs is 1. The number of pyridine rings is 1. The summed E-state index contributed by atoms with van der Waals surface area (Å²) in [7, 11) is 5.25. The van der Waals surface area contributed by atoms with Crippen molar-refractivity contribution < 1.29 is 9.53 Å². The van der Waals surface area contributed by atoms with E-state index in [0.29, 0.717) is 36.5 Å². The predicted octanol–water partition coefficient (Wildman–Crippen LogP) is 0.672. The smallest absolute Gasteiger partial charge is 0.332 e. The van der Waals surface area contributed by atoms with Gasteiger partial charge in [-0.15, -0.1) is 0 Å². The number of aromatic nitrogens is 5. The van der Waals surface area contributed by atoms with E-state index < -0.39 is 11.2 Å². The van der Waals surface area contributed by atoms with Gasteiger partial charge in [-0.1, -0.05) is 6.92 Å². The van der Waals surface area contributed by atoms with Gasteiger partial charge >= 0.3 is 5.69 Å². The van der Waals surface area contributed by atoms with Gasteiger partial charge in [-0.05, 0) is 18.6 Å². The van der Waals surface area contributed by atoms with Gasteiger partial charge in [-0.2, -0.15) is 0 Å². The summed E-state index contributed by atoms with van der Waals surface area (Å²) in [5.41, 5.74) is 0.501. The first-order chi connectivity index (χ1) is 15.8. The molecule has 0 aliphatic carbocycles. The van der Waals surface area contributed by atoms with Gasteiger partial charge in [0.15, 0.2) is 5.65 Å². The first kappa shape index (κ1) is 22.7. The molecule has 176 valence electrons. The van der Waals surface area contributed by atoms with E-state index in [9.17, 15) is 14.4 Å². The largest absolute Gasteiger partial charge is 0.383 e. The number of imidazole rings is 1. The number of likely N-dealkylation sites (N-methyl/N-ethyl adjacent to an activating group) is 2. The zero-order valence-electron chi connectivity index (χ0n) is 19.4. The molecule has 0 saturated carbocycles. The molecule has 3 aromatic heterocycles. The predicted molar refractivity (Wildman–Crippen MR) is 124 cm³/mol. The molecule has 4 rings (SSSR count). The summed E-state index contributed by atoms with van der Waals surface area (Å²) in [6.07, 6.45) is 2.86. The Morgan fingerprint density at radius 3 is 2.61 bits per heavy atom. The molecule has 0 radical (unpaired) electrons. The van der Waals surface area contributed by atoms with E-state index in [2.05, 4.69) is 15.0 Å². The van der Waals surface area contributed by atoms with Crippen molar-refractivity contribution in [2.45, 2.75) is 38.9 Å². The van der Waals surface area contributed by atoms with Gasteiger partial charge < -0.3 is 19.5 Å². The quantitative estimate of drug-likeness (QED) is 0.530. The molecular weight excluding hydrogens is 426 g/mol. The second kappa shape index (κ2) is 9.18. The van der Waals surface area contributed by atoms with E-state index in [1.165, 1.54) is 16.2 Å². The molecule has 1 unspecified atom stereocenters. The Morgan fingerprint density at radius 2 is 2.00 bits per heavy atom. The van der Waals surface area contributed by atoms with Crippen molar-refractivity contribution in [1.29, 1.82) is 0 Å². The molecule has 1 aliphatic rings. The Balaban J connectivity index is 1.69.